The molecule has 4 rings (SSSR count). The molecule has 106 valence electrons. The minimum absolute atomic E-state index is 0.0175. The van der Waals surface area contributed by atoms with Gasteiger partial charge < -0.3 is 4.42 Å². The van der Waals surface area contributed by atoms with E-state index in [-0.39, 0.29) is 18.4 Å². The van der Waals surface area contributed by atoms with Crippen molar-refractivity contribution in [3.8, 4) is 0 Å². The summed E-state index contributed by atoms with van der Waals surface area (Å²) in [6.07, 6.45) is 2.12. The number of carbonyl (C=O) groups excluding carboxylic acids is 2. The van der Waals surface area contributed by atoms with Crippen LogP contribution in [0.25, 0.3) is 0 Å². The van der Waals surface area contributed by atoms with Crippen LogP contribution < -0.4 is 0 Å². The average Bonchev–Trinajstić information content (AvgIpc) is 3.18. The van der Waals surface area contributed by atoms with Gasteiger partial charge in [0.25, 0.3) is 11.8 Å². The van der Waals surface area contributed by atoms with Crippen LogP contribution in [0.1, 0.15) is 51.3 Å². The summed E-state index contributed by atoms with van der Waals surface area (Å²) in [4.78, 5) is 25.7. The lowest BCUT2D eigenvalue weighted by Crippen LogP contribution is -2.29. The Bertz CT molecular complexity index is 767. The van der Waals surface area contributed by atoms with Crippen LogP contribution in [0.5, 0.6) is 0 Å². The summed E-state index contributed by atoms with van der Waals surface area (Å²) in [6.45, 7) is 0.0175. The van der Waals surface area contributed by atoms with Crippen molar-refractivity contribution in [3.05, 3.63) is 45.6 Å². The first kappa shape index (κ1) is 12.7. The topological polar surface area (TPSA) is 76.3 Å². The first-order valence-corrected chi connectivity index (χ1v) is 7.41. The van der Waals surface area contributed by atoms with Crippen LogP contribution in [0.15, 0.2) is 27.1 Å². The Balaban J connectivity index is 1.61. The van der Waals surface area contributed by atoms with Crippen molar-refractivity contribution in [2.24, 2.45) is 0 Å². The molecule has 1 saturated carbocycles. The normalized spacial score (nSPS) is 17.5. The van der Waals surface area contributed by atoms with Gasteiger partial charge in [-0.3, -0.25) is 14.5 Å². The number of amides is 2. The summed E-state index contributed by atoms with van der Waals surface area (Å²) in [7, 11) is 0. The lowest BCUT2D eigenvalue weighted by molar-refractivity contribution is 0.0628. The Labute approximate surface area is 128 Å². The number of rotatable bonds is 3. The average molecular weight is 348 g/mol. The maximum Gasteiger partial charge on any atom is 0.262 e. The zero-order valence-corrected chi connectivity index (χ0v) is 12.5. The number of halogens is 1. The van der Waals surface area contributed by atoms with Gasteiger partial charge in [0.05, 0.1) is 11.1 Å². The van der Waals surface area contributed by atoms with Crippen LogP contribution in [-0.2, 0) is 6.54 Å². The lowest BCUT2D eigenvalue weighted by Gasteiger charge is -2.10. The van der Waals surface area contributed by atoms with Crippen molar-refractivity contribution in [2.45, 2.75) is 25.3 Å². The van der Waals surface area contributed by atoms with E-state index in [0.29, 0.717) is 28.8 Å². The number of hydrogen-bond donors (Lipinski definition) is 0. The molecule has 6 nitrogen and oxygen atoms in total. The minimum Gasteiger partial charge on any atom is -0.423 e. The molecule has 0 atom stereocenters. The molecule has 2 heterocycles. The Morgan fingerprint density at radius 3 is 2.71 bits per heavy atom. The highest BCUT2D eigenvalue weighted by atomic mass is 79.9. The maximum absolute atomic E-state index is 12.3. The molecule has 0 spiro atoms. The van der Waals surface area contributed by atoms with Gasteiger partial charge in [-0.15, -0.1) is 10.2 Å². The van der Waals surface area contributed by atoms with Gasteiger partial charge in [0, 0.05) is 10.4 Å². The Morgan fingerprint density at radius 1 is 1.19 bits per heavy atom. The zero-order valence-electron chi connectivity index (χ0n) is 10.9. The molecule has 1 aromatic heterocycles. The molecule has 21 heavy (non-hydrogen) atoms. The third kappa shape index (κ3) is 2.08. The number of carbonyl (C=O) groups is 2. The van der Waals surface area contributed by atoms with Crippen molar-refractivity contribution in [2.75, 3.05) is 0 Å². The van der Waals surface area contributed by atoms with Crippen molar-refractivity contribution in [1.29, 1.82) is 0 Å². The van der Waals surface area contributed by atoms with Crippen LogP contribution in [0.4, 0.5) is 0 Å². The van der Waals surface area contributed by atoms with E-state index in [2.05, 4.69) is 26.1 Å². The molecule has 1 fully saturated rings. The summed E-state index contributed by atoms with van der Waals surface area (Å²) < 4.78 is 6.27. The SMILES string of the molecule is O=C1c2ccc(Br)cc2C(=O)N1Cc1nnc(C2CC2)o1. The number of aromatic nitrogens is 2. The lowest BCUT2D eigenvalue weighted by atomic mass is 10.1. The van der Waals surface area contributed by atoms with Gasteiger partial charge in [0.1, 0.15) is 6.54 Å². The smallest absolute Gasteiger partial charge is 0.262 e. The molecule has 1 aliphatic heterocycles. The van der Waals surface area contributed by atoms with Gasteiger partial charge in [-0.25, -0.2) is 0 Å². The molecule has 1 aliphatic carbocycles. The van der Waals surface area contributed by atoms with E-state index in [1.807, 2.05) is 0 Å². The molecule has 0 saturated heterocycles. The van der Waals surface area contributed by atoms with Crippen molar-refractivity contribution < 1.29 is 14.0 Å². The van der Waals surface area contributed by atoms with Gasteiger partial charge in [-0.05, 0) is 31.0 Å². The summed E-state index contributed by atoms with van der Waals surface area (Å²) in [5, 5.41) is 7.88. The molecular formula is C14H10BrN3O3. The highest BCUT2D eigenvalue weighted by Gasteiger charge is 2.37. The van der Waals surface area contributed by atoms with Gasteiger partial charge in [-0.1, -0.05) is 15.9 Å². The van der Waals surface area contributed by atoms with Gasteiger partial charge in [-0.2, -0.15) is 0 Å². The molecule has 2 amide bonds. The number of fused-ring (bicyclic) bond motifs is 1. The van der Waals surface area contributed by atoms with Crippen LogP contribution in [0.2, 0.25) is 0 Å². The second kappa shape index (κ2) is 4.49. The first-order chi connectivity index (χ1) is 10.1. The number of nitrogens with zero attached hydrogens (tertiary/aromatic N) is 3. The van der Waals surface area contributed by atoms with E-state index >= 15 is 0 Å². The maximum atomic E-state index is 12.3. The fraction of sp³-hybridized carbons (Fsp3) is 0.286. The van der Waals surface area contributed by atoms with Gasteiger partial charge >= 0.3 is 0 Å². The summed E-state index contributed by atoms with van der Waals surface area (Å²) in [5.41, 5.74) is 0.807. The predicted octanol–water partition coefficient (Wildman–Crippen LogP) is 2.51. The van der Waals surface area contributed by atoms with E-state index in [1.54, 1.807) is 18.2 Å². The van der Waals surface area contributed by atoms with E-state index in [9.17, 15) is 9.59 Å². The Kier molecular flexibility index (Phi) is 2.72. The zero-order chi connectivity index (χ0) is 14.6. The van der Waals surface area contributed by atoms with Crippen molar-refractivity contribution in [1.82, 2.24) is 15.1 Å². The standard InChI is InChI=1S/C14H10BrN3O3/c15-8-3-4-9-10(5-8)14(20)18(13(9)19)6-11-16-17-12(21-11)7-1-2-7/h3-5,7H,1-2,6H2. The molecule has 7 heteroatoms. The monoisotopic (exact) mass is 347 g/mol. The third-order valence-corrected chi connectivity index (χ3v) is 4.13. The summed E-state index contributed by atoms with van der Waals surface area (Å²) in [5.74, 6) is 0.593. The quantitative estimate of drug-likeness (QED) is 0.797. The second-order valence-corrected chi connectivity index (χ2v) is 6.11. The van der Waals surface area contributed by atoms with Gasteiger partial charge in [0.2, 0.25) is 11.8 Å². The molecular weight excluding hydrogens is 338 g/mol. The number of imide groups is 1. The fourth-order valence-electron chi connectivity index (χ4n) is 2.37. The first-order valence-electron chi connectivity index (χ1n) is 6.61. The summed E-state index contributed by atoms with van der Waals surface area (Å²) in [6, 6.07) is 5.04. The summed E-state index contributed by atoms with van der Waals surface area (Å²) >= 11 is 3.30. The Morgan fingerprint density at radius 2 is 1.95 bits per heavy atom. The molecule has 2 aromatic rings. The molecule has 1 aromatic carbocycles. The fourth-order valence-corrected chi connectivity index (χ4v) is 2.73. The predicted molar refractivity (Wildman–Crippen MR) is 74.6 cm³/mol. The van der Waals surface area contributed by atoms with Crippen LogP contribution in [0.3, 0.4) is 0 Å². The molecule has 2 aliphatic rings. The molecule has 0 bridgehead atoms. The largest absolute Gasteiger partial charge is 0.423 e. The molecule has 0 radical (unpaired) electrons. The highest BCUT2D eigenvalue weighted by molar-refractivity contribution is 9.10. The highest BCUT2D eigenvalue weighted by Crippen LogP contribution is 2.39. The van der Waals surface area contributed by atoms with Crippen molar-refractivity contribution >= 4 is 27.7 Å². The second-order valence-electron chi connectivity index (χ2n) is 5.19. The van der Waals surface area contributed by atoms with E-state index < -0.39 is 0 Å². The number of hydrogen-bond acceptors (Lipinski definition) is 5. The number of benzene rings is 1. The van der Waals surface area contributed by atoms with Crippen LogP contribution >= 0.6 is 15.9 Å². The van der Waals surface area contributed by atoms with E-state index in [4.69, 9.17) is 4.42 Å². The van der Waals surface area contributed by atoms with Gasteiger partial charge in [0.15, 0.2) is 0 Å². The molecule has 0 N–H and O–H groups in total. The molecule has 0 unspecified atom stereocenters. The minimum atomic E-state index is -0.331. The van der Waals surface area contributed by atoms with Crippen LogP contribution in [0, 0.1) is 0 Å². The van der Waals surface area contributed by atoms with Crippen LogP contribution in [-0.4, -0.2) is 26.9 Å². The van der Waals surface area contributed by atoms with E-state index in [1.165, 1.54) is 0 Å². The van der Waals surface area contributed by atoms with E-state index in [0.717, 1.165) is 22.2 Å². The van der Waals surface area contributed by atoms with Crippen molar-refractivity contribution in [3.63, 3.8) is 0 Å². The third-order valence-electron chi connectivity index (χ3n) is 3.64. The Hall–Kier alpha value is -2.02.